The highest BCUT2D eigenvalue weighted by atomic mass is 16.1. The Bertz CT molecular complexity index is 590. The molecule has 1 aromatic carbocycles. The van der Waals surface area contributed by atoms with Gasteiger partial charge in [0.2, 0.25) is 5.91 Å². The number of aromatic nitrogens is 1. The minimum atomic E-state index is 0.107. The van der Waals surface area contributed by atoms with Crippen LogP contribution in [0, 0.1) is 5.92 Å². The number of benzene rings is 1. The summed E-state index contributed by atoms with van der Waals surface area (Å²) in [5.41, 5.74) is 2.22. The van der Waals surface area contributed by atoms with Crippen LogP contribution in [0.25, 0.3) is 10.9 Å². The fourth-order valence-electron chi connectivity index (χ4n) is 2.14. The molecule has 112 valence electrons. The Morgan fingerprint density at radius 2 is 2.05 bits per heavy atom. The number of nitrogens with zero attached hydrogens (tertiary/aromatic N) is 1. The fourth-order valence-corrected chi connectivity index (χ4v) is 2.14. The Labute approximate surface area is 126 Å². The van der Waals surface area contributed by atoms with E-state index in [-0.39, 0.29) is 5.91 Å². The van der Waals surface area contributed by atoms with Gasteiger partial charge < -0.3 is 10.6 Å². The molecule has 0 bridgehead atoms. The van der Waals surface area contributed by atoms with Crippen molar-refractivity contribution >= 4 is 16.8 Å². The first-order chi connectivity index (χ1) is 10.2. The van der Waals surface area contributed by atoms with E-state index in [0.717, 1.165) is 24.0 Å². The van der Waals surface area contributed by atoms with Crippen LogP contribution in [-0.4, -0.2) is 24.0 Å². The van der Waals surface area contributed by atoms with Gasteiger partial charge in [-0.05, 0) is 23.6 Å². The number of amides is 1. The largest absolute Gasteiger partial charge is 0.356 e. The van der Waals surface area contributed by atoms with Crippen molar-refractivity contribution in [2.45, 2.75) is 26.8 Å². The number of para-hydroxylation sites is 1. The van der Waals surface area contributed by atoms with Gasteiger partial charge in [-0.3, -0.25) is 9.78 Å². The molecule has 2 rings (SSSR count). The summed E-state index contributed by atoms with van der Waals surface area (Å²) in [7, 11) is 0. The molecule has 0 fully saturated rings. The van der Waals surface area contributed by atoms with E-state index in [1.807, 2.05) is 30.5 Å². The van der Waals surface area contributed by atoms with Gasteiger partial charge >= 0.3 is 0 Å². The van der Waals surface area contributed by atoms with Crippen LogP contribution >= 0.6 is 0 Å². The Kier molecular flexibility index (Phi) is 5.69. The number of nitrogens with one attached hydrogen (secondary N) is 2. The molecule has 1 aromatic heterocycles. The average molecular weight is 285 g/mol. The topological polar surface area (TPSA) is 54.0 Å². The highest BCUT2D eigenvalue weighted by molar-refractivity contribution is 5.81. The van der Waals surface area contributed by atoms with Crippen LogP contribution in [0.3, 0.4) is 0 Å². The minimum absolute atomic E-state index is 0.107. The zero-order valence-corrected chi connectivity index (χ0v) is 12.7. The molecular weight excluding hydrogens is 262 g/mol. The molecule has 2 N–H and O–H groups in total. The van der Waals surface area contributed by atoms with Crippen LogP contribution in [-0.2, 0) is 11.3 Å². The molecule has 0 spiro atoms. The van der Waals surface area contributed by atoms with Gasteiger partial charge in [0.25, 0.3) is 0 Å². The zero-order valence-electron chi connectivity index (χ0n) is 12.7. The second-order valence-electron chi connectivity index (χ2n) is 5.61. The van der Waals surface area contributed by atoms with Crippen LogP contribution in [0.4, 0.5) is 0 Å². The normalized spacial score (nSPS) is 11.0. The van der Waals surface area contributed by atoms with E-state index in [9.17, 15) is 4.79 Å². The van der Waals surface area contributed by atoms with Crippen molar-refractivity contribution in [2.75, 3.05) is 13.1 Å². The standard InChI is InChI=1S/C17H23N3O/c1-13(2)11-20-17(21)8-9-18-12-14-7-10-19-16-6-4-3-5-15(14)16/h3-7,10,13,18H,8-9,11-12H2,1-2H3,(H,20,21). The van der Waals surface area contributed by atoms with Gasteiger partial charge in [-0.15, -0.1) is 0 Å². The van der Waals surface area contributed by atoms with E-state index in [1.165, 1.54) is 5.56 Å². The van der Waals surface area contributed by atoms with E-state index >= 15 is 0 Å². The summed E-state index contributed by atoms with van der Waals surface area (Å²) in [6.07, 6.45) is 2.34. The van der Waals surface area contributed by atoms with Crippen molar-refractivity contribution in [3.63, 3.8) is 0 Å². The second-order valence-corrected chi connectivity index (χ2v) is 5.61. The lowest BCUT2D eigenvalue weighted by Gasteiger charge is -2.09. The molecule has 4 nitrogen and oxygen atoms in total. The third-order valence-corrected chi connectivity index (χ3v) is 3.29. The fraction of sp³-hybridized carbons (Fsp3) is 0.412. The lowest BCUT2D eigenvalue weighted by atomic mass is 10.1. The van der Waals surface area contributed by atoms with Gasteiger partial charge in [-0.2, -0.15) is 0 Å². The van der Waals surface area contributed by atoms with Crippen LogP contribution < -0.4 is 10.6 Å². The van der Waals surface area contributed by atoms with Crippen molar-refractivity contribution in [3.05, 3.63) is 42.1 Å². The van der Waals surface area contributed by atoms with Crippen molar-refractivity contribution in [2.24, 2.45) is 5.92 Å². The summed E-state index contributed by atoms with van der Waals surface area (Å²) in [6.45, 7) is 6.36. The monoisotopic (exact) mass is 285 g/mol. The second kappa shape index (κ2) is 7.74. The highest BCUT2D eigenvalue weighted by Gasteiger charge is 2.03. The molecule has 1 amide bonds. The molecule has 0 aliphatic heterocycles. The van der Waals surface area contributed by atoms with Crippen LogP contribution in [0.5, 0.6) is 0 Å². The zero-order chi connectivity index (χ0) is 15.1. The maximum Gasteiger partial charge on any atom is 0.221 e. The molecule has 0 atom stereocenters. The predicted molar refractivity (Wildman–Crippen MR) is 85.9 cm³/mol. The van der Waals surface area contributed by atoms with Gasteiger partial charge in [0.05, 0.1) is 5.52 Å². The molecule has 0 aliphatic rings. The molecule has 0 saturated carbocycles. The van der Waals surface area contributed by atoms with Crippen molar-refractivity contribution in [3.8, 4) is 0 Å². The summed E-state index contributed by atoms with van der Waals surface area (Å²) in [5.74, 6) is 0.598. The summed E-state index contributed by atoms with van der Waals surface area (Å²) in [6, 6.07) is 10.1. The Morgan fingerprint density at radius 3 is 2.86 bits per heavy atom. The quantitative estimate of drug-likeness (QED) is 0.768. The molecule has 4 heteroatoms. The highest BCUT2D eigenvalue weighted by Crippen LogP contribution is 2.15. The van der Waals surface area contributed by atoms with Gasteiger partial charge in [0, 0.05) is 37.6 Å². The molecule has 21 heavy (non-hydrogen) atoms. The van der Waals surface area contributed by atoms with E-state index in [4.69, 9.17) is 0 Å². The molecule has 0 radical (unpaired) electrons. The van der Waals surface area contributed by atoms with Crippen molar-refractivity contribution < 1.29 is 4.79 Å². The summed E-state index contributed by atoms with van der Waals surface area (Å²) >= 11 is 0. The van der Waals surface area contributed by atoms with E-state index in [0.29, 0.717) is 18.9 Å². The first kappa shape index (κ1) is 15.4. The summed E-state index contributed by atoms with van der Waals surface area (Å²) in [4.78, 5) is 16.0. The van der Waals surface area contributed by atoms with Gasteiger partial charge in [0.15, 0.2) is 0 Å². The predicted octanol–water partition coefficient (Wildman–Crippen LogP) is 2.49. The lowest BCUT2D eigenvalue weighted by molar-refractivity contribution is -0.121. The molecule has 2 aromatic rings. The van der Waals surface area contributed by atoms with Crippen LogP contribution in [0.2, 0.25) is 0 Å². The Balaban J connectivity index is 1.79. The number of pyridine rings is 1. The number of rotatable bonds is 7. The number of fused-ring (bicyclic) bond motifs is 1. The molecule has 0 unspecified atom stereocenters. The molecule has 0 saturated heterocycles. The first-order valence-electron chi connectivity index (χ1n) is 7.47. The lowest BCUT2D eigenvalue weighted by Crippen LogP contribution is -2.30. The molecule has 0 aliphatic carbocycles. The van der Waals surface area contributed by atoms with Gasteiger partial charge in [-0.1, -0.05) is 32.0 Å². The SMILES string of the molecule is CC(C)CNC(=O)CCNCc1ccnc2ccccc12. The number of carbonyl (C=O) groups is 1. The third kappa shape index (κ3) is 4.83. The third-order valence-electron chi connectivity index (χ3n) is 3.29. The Hall–Kier alpha value is -1.94. The van der Waals surface area contributed by atoms with E-state index in [2.05, 4.69) is 35.5 Å². The van der Waals surface area contributed by atoms with Gasteiger partial charge in [-0.25, -0.2) is 0 Å². The van der Waals surface area contributed by atoms with Gasteiger partial charge in [0.1, 0.15) is 0 Å². The maximum atomic E-state index is 11.6. The molecule has 1 heterocycles. The Morgan fingerprint density at radius 1 is 1.24 bits per heavy atom. The minimum Gasteiger partial charge on any atom is -0.356 e. The molecular formula is C17H23N3O. The first-order valence-corrected chi connectivity index (χ1v) is 7.47. The van der Waals surface area contributed by atoms with Crippen LogP contribution in [0.15, 0.2) is 36.5 Å². The maximum absolute atomic E-state index is 11.6. The smallest absolute Gasteiger partial charge is 0.221 e. The summed E-state index contributed by atoms with van der Waals surface area (Å²) in [5, 5.41) is 7.41. The van der Waals surface area contributed by atoms with E-state index < -0.39 is 0 Å². The average Bonchev–Trinajstić information content (AvgIpc) is 2.49. The number of hydrogen-bond acceptors (Lipinski definition) is 3. The van der Waals surface area contributed by atoms with Crippen LogP contribution in [0.1, 0.15) is 25.8 Å². The number of carbonyl (C=O) groups excluding carboxylic acids is 1. The van der Waals surface area contributed by atoms with Crippen molar-refractivity contribution in [1.82, 2.24) is 15.6 Å². The van der Waals surface area contributed by atoms with Crippen molar-refractivity contribution in [1.29, 1.82) is 0 Å². The summed E-state index contributed by atoms with van der Waals surface area (Å²) < 4.78 is 0. The number of hydrogen-bond donors (Lipinski definition) is 2. The van der Waals surface area contributed by atoms with E-state index in [1.54, 1.807) is 0 Å².